The Kier molecular flexibility index (Phi) is 10.7. The fraction of sp³-hybridized carbons (Fsp3) is 0.613. The average molecular weight is 553 g/mol. The standard InChI is InChI=1S/C31H41F5OSi/c1-2-3-4-15-38-16-13-22(14-17-38)6-5-21-7-9-23(10-8-21)25-19-27(33)30(28(34)20-25)24-11-12-29(26(32)18-24)37-31(35)36/h11-12,18-23,31,38H,2-10,13-17H2,1H3/t21-,22-,23-,38-. The van der Waals surface area contributed by atoms with Crippen molar-refractivity contribution < 1.29 is 26.7 Å². The lowest BCUT2D eigenvalue weighted by Crippen LogP contribution is -2.22. The Morgan fingerprint density at radius 1 is 0.816 bits per heavy atom. The van der Waals surface area contributed by atoms with E-state index in [1.807, 2.05) is 0 Å². The van der Waals surface area contributed by atoms with Crippen LogP contribution in [0.3, 0.4) is 0 Å². The van der Waals surface area contributed by atoms with Crippen LogP contribution >= 0.6 is 0 Å². The molecule has 0 atom stereocenters. The van der Waals surface area contributed by atoms with Crippen molar-refractivity contribution in [2.24, 2.45) is 11.8 Å². The number of halogens is 5. The molecule has 0 aromatic heterocycles. The molecule has 1 heterocycles. The maximum Gasteiger partial charge on any atom is 0.387 e. The molecule has 4 rings (SSSR count). The second-order valence-corrected chi connectivity index (χ2v) is 15.0. The Morgan fingerprint density at radius 3 is 2.03 bits per heavy atom. The predicted molar refractivity (Wildman–Crippen MR) is 146 cm³/mol. The molecule has 0 unspecified atom stereocenters. The van der Waals surface area contributed by atoms with Gasteiger partial charge in [0.2, 0.25) is 0 Å². The highest BCUT2D eigenvalue weighted by molar-refractivity contribution is 6.58. The van der Waals surface area contributed by atoms with Gasteiger partial charge in [-0.3, -0.25) is 0 Å². The molecule has 1 nitrogen and oxygen atoms in total. The van der Waals surface area contributed by atoms with Crippen LogP contribution in [0.4, 0.5) is 22.0 Å². The highest BCUT2D eigenvalue weighted by Crippen LogP contribution is 2.41. The average Bonchev–Trinajstić information content (AvgIpc) is 2.89. The fourth-order valence-electron chi connectivity index (χ4n) is 6.70. The fourth-order valence-corrected chi connectivity index (χ4v) is 10.3. The number of alkyl halides is 2. The lowest BCUT2D eigenvalue weighted by molar-refractivity contribution is -0.0521. The first-order chi connectivity index (χ1) is 18.3. The van der Waals surface area contributed by atoms with Crippen LogP contribution in [0.1, 0.15) is 89.0 Å². The SMILES string of the molecule is CCCCC[Si@H]1CC[C@H](CC[C@H]2CC[C@H](c3cc(F)c(-c4ccc(OC(F)F)c(F)c4)c(F)c3)CC2)CC1. The van der Waals surface area contributed by atoms with Crippen LogP contribution in [0.15, 0.2) is 30.3 Å². The maximum atomic E-state index is 15.0. The van der Waals surface area contributed by atoms with Gasteiger partial charge in [-0.1, -0.05) is 76.1 Å². The minimum absolute atomic E-state index is 0.0490. The van der Waals surface area contributed by atoms with E-state index in [1.165, 1.54) is 75.2 Å². The van der Waals surface area contributed by atoms with Gasteiger partial charge in [0, 0.05) is 8.80 Å². The lowest BCUT2D eigenvalue weighted by atomic mass is 9.76. The van der Waals surface area contributed by atoms with Gasteiger partial charge in [-0.2, -0.15) is 8.78 Å². The molecular weight excluding hydrogens is 511 g/mol. The van der Waals surface area contributed by atoms with Crippen LogP contribution in [0.25, 0.3) is 11.1 Å². The Bertz CT molecular complexity index is 1010. The molecule has 2 aromatic rings. The van der Waals surface area contributed by atoms with Crippen LogP contribution < -0.4 is 4.74 Å². The van der Waals surface area contributed by atoms with Gasteiger partial charge in [0.1, 0.15) is 11.6 Å². The largest absolute Gasteiger partial charge is 0.432 e. The van der Waals surface area contributed by atoms with Crippen molar-refractivity contribution >= 4 is 8.80 Å². The minimum Gasteiger partial charge on any atom is -0.432 e. The third kappa shape index (κ3) is 7.83. The van der Waals surface area contributed by atoms with Gasteiger partial charge in [0.05, 0.1) is 5.56 Å². The summed E-state index contributed by atoms with van der Waals surface area (Å²) in [5.74, 6) is -1.56. The molecule has 1 aliphatic carbocycles. The summed E-state index contributed by atoms with van der Waals surface area (Å²) < 4.78 is 73.0. The first kappa shape index (κ1) is 29.1. The first-order valence-electron chi connectivity index (χ1n) is 14.6. The van der Waals surface area contributed by atoms with E-state index in [0.717, 1.165) is 43.7 Å². The predicted octanol–water partition coefficient (Wildman–Crippen LogP) is 10.3. The lowest BCUT2D eigenvalue weighted by Gasteiger charge is -2.32. The molecule has 1 saturated carbocycles. The van der Waals surface area contributed by atoms with Gasteiger partial charge < -0.3 is 4.74 Å². The van der Waals surface area contributed by atoms with E-state index in [-0.39, 0.29) is 17.0 Å². The molecule has 0 spiro atoms. The van der Waals surface area contributed by atoms with E-state index in [1.54, 1.807) is 6.04 Å². The van der Waals surface area contributed by atoms with Gasteiger partial charge in [-0.05, 0) is 78.8 Å². The van der Waals surface area contributed by atoms with Gasteiger partial charge in [0.15, 0.2) is 11.6 Å². The quantitative estimate of drug-likeness (QED) is 0.153. The molecule has 0 amide bonds. The van der Waals surface area contributed by atoms with Gasteiger partial charge in [-0.25, -0.2) is 13.2 Å². The second kappa shape index (κ2) is 13.9. The van der Waals surface area contributed by atoms with Crippen molar-refractivity contribution in [1.29, 1.82) is 0 Å². The van der Waals surface area contributed by atoms with Gasteiger partial charge in [-0.15, -0.1) is 0 Å². The van der Waals surface area contributed by atoms with Gasteiger partial charge in [0.25, 0.3) is 0 Å². The third-order valence-electron chi connectivity index (χ3n) is 8.98. The molecule has 2 aliphatic rings. The summed E-state index contributed by atoms with van der Waals surface area (Å²) in [6.45, 7) is -0.900. The summed E-state index contributed by atoms with van der Waals surface area (Å²) in [5, 5.41) is 0. The third-order valence-corrected chi connectivity index (χ3v) is 12.5. The molecule has 210 valence electrons. The minimum atomic E-state index is -3.18. The summed E-state index contributed by atoms with van der Waals surface area (Å²) in [6, 6.07) is 10.3. The number of rotatable bonds is 11. The molecule has 7 heteroatoms. The normalized spacial score (nSPS) is 24.1. The Balaban J connectivity index is 1.27. The van der Waals surface area contributed by atoms with E-state index in [4.69, 9.17) is 0 Å². The van der Waals surface area contributed by atoms with E-state index in [9.17, 15) is 13.2 Å². The van der Waals surface area contributed by atoms with Crippen molar-refractivity contribution in [2.75, 3.05) is 0 Å². The zero-order chi connectivity index (χ0) is 27.1. The van der Waals surface area contributed by atoms with Crippen molar-refractivity contribution in [3.8, 4) is 16.9 Å². The maximum absolute atomic E-state index is 15.0. The molecular formula is C31H41F5OSi. The van der Waals surface area contributed by atoms with Crippen LogP contribution in [-0.2, 0) is 0 Å². The van der Waals surface area contributed by atoms with Crippen LogP contribution in [0, 0.1) is 29.3 Å². The molecule has 0 radical (unpaired) electrons. The molecule has 0 N–H and O–H groups in total. The summed E-state index contributed by atoms with van der Waals surface area (Å²) in [4.78, 5) is 0. The Morgan fingerprint density at radius 2 is 1.45 bits per heavy atom. The van der Waals surface area contributed by atoms with Crippen molar-refractivity contribution in [2.45, 2.75) is 108 Å². The van der Waals surface area contributed by atoms with Gasteiger partial charge >= 0.3 is 6.61 Å². The molecule has 1 saturated heterocycles. The van der Waals surface area contributed by atoms with E-state index < -0.39 is 38.6 Å². The number of ether oxygens (including phenoxy) is 1. The molecule has 2 aromatic carbocycles. The van der Waals surface area contributed by atoms with Crippen LogP contribution in [0.5, 0.6) is 5.75 Å². The van der Waals surface area contributed by atoms with Crippen molar-refractivity contribution in [3.63, 3.8) is 0 Å². The van der Waals surface area contributed by atoms with Crippen molar-refractivity contribution in [3.05, 3.63) is 53.3 Å². The number of unbranched alkanes of at least 4 members (excludes halogenated alkanes) is 2. The van der Waals surface area contributed by atoms with Crippen molar-refractivity contribution in [1.82, 2.24) is 0 Å². The molecule has 38 heavy (non-hydrogen) atoms. The zero-order valence-electron chi connectivity index (χ0n) is 22.5. The Hall–Kier alpha value is -1.89. The first-order valence-corrected chi connectivity index (χ1v) is 17.0. The number of hydrogen-bond acceptors (Lipinski definition) is 1. The number of benzene rings is 2. The number of hydrogen-bond donors (Lipinski definition) is 0. The van der Waals surface area contributed by atoms with Crippen LogP contribution in [0.2, 0.25) is 18.1 Å². The highest BCUT2D eigenvalue weighted by atomic mass is 28.3. The monoisotopic (exact) mass is 552 g/mol. The summed E-state index contributed by atoms with van der Waals surface area (Å²) >= 11 is 0. The molecule has 1 aliphatic heterocycles. The molecule has 0 bridgehead atoms. The summed E-state index contributed by atoms with van der Waals surface area (Å²) in [6.07, 6.45) is 13.7. The van der Waals surface area contributed by atoms with Crippen LogP contribution in [-0.4, -0.2) is 15.4 Å². The Labute approximate surface area is 225 Å². The van der Waals surface area contributed by atoms with E-state index in [2.05, 4.69) is 11.7 Å². The second-order valence-electron chi connectivity index (χ2n) is 11.6. The summed E-state index contributed by atoms with van der Waals surface area (Å²) in [7, 11) is -0.454. The smallest absolute Gasteiger partial charge is 0.387 e. The molecule has 2 fully saturated rings. The summed E-state index contributed by atoms with van der Waals surface area (Å²) in [5.41, 5.74) is 0.242. The van der Waals surface area contributed by atoms with E-state index >= 15 is 8.78 Å². The highest BCUT2D eigenvalue weighted by Gasteiger charge is 2.27. The zero-order valence-corrected chi connectivity index (χ0v) is 23.6. The van der Waals surface area contributed by atoms with E-state index in [0.29, 0.717) is 11.5 Å². The topological polar surface area (TPSA) is 9.23 Å².